The molecule has 0 unspecified atom stereocenters. The van der Waals surface area contributed by atoms with Crippen LogP contribution in [0, 0.1) is 0 Å². The second-order valence-corrected chi connectivity index (χ2v) is 10.1. The van der Waals surface area contributed by atoms with Gasteiger partial charge in [0, 0.05) is 0 Å². The van der Waals surface area contributed by atoms with Gasteiger partial charge in [-0.3, -0.25) is 0 Å². The van der Waals surface area contributed by atoms with E-state index in [1.165, 1.54) is 32.3 Å². The molecule has 0 radical (unpaired) electrons. The van der Waals surface area contributed by atoms with Crippen LogP contribution in [-0.2, 0) is 30.9 Å². The van der Waals surface area contributed by atoms with Gasteiger partial charge < -0.3 is 0 Å². The first-order valence-corrected chi connectivity index (χ1v) is 12.6. The van der Waals surface area contributed by atoms with Gasteiger partial charge in [0.05, 0.1) is 27.8 Å². The molecule has 242 valence electrons. The molecule has 0 spiro atoms. The summed E-state index contributed by atoms with van der Waals surface area (Å²) in [5.41, 5.74) is -19.5. The van der Waals surface area contributed by atoms with Gasteiger partial charge in [0.2, 0.25) is 0 Å². The van der Waals surface area contributed by atoms with Crippen LogP contribution in [0.2, 0.25) is 0 Å². The predicted octanol–water partition coefficient (Wildman–Crippen LogP) is 12.5. The van der Waals surface area contributed by atoms with Crippen molar-refractivity contribution in [1.29, 1.82) is 0 Å². The summed E-state index contributed by atoms with van der Waals surface area (Å²) < 4.78 is 196. The molecule has 46 heavy (non-hydrogen) atoms. The number of hydrogen-bond acceptors (Lipinski definition) is 0. The van der Waals surface area contributed by atoms with Crippen LogP contribution in [0.4, 0.5) is 65.9 Å². The molecule has 0 bridgehead atoms. The maximum Gasteiger partial charge on any atom is 0.417 e. The maximum atomic E-state index is 13.2. The van der Waals surface area contributed by atoms with E-state index in [9.17, 15) is 65.9 Å². The molecule has 0 N–H and O–H groups in total. The third kappa shape index (κ3) is 5.94. The molecule has 0 fully saturated rings. The van der Waals surface area contributed by atoms with Crippen molar-refractivity contribution in [2.24, 2.45) is 0 Å². The van der Waals surface area contributed by atoms with Crippen molar-refractivity contribution in [2.45, 2.75) is 30.9 Å². The van der Waals surface area contributed by atoms with Crippen LogP contribution in [0.1, 0.15) is 27.8 Å². The van der Waals surface area contributed by atoms with Gasteiger partial charge in [-0.25, -0.2) is 0 Å². The summed E-state index contributed by atoms with van der Waals surface area (Å²) in [4.78, 5) is 0. The van der Waals surface area contributed by atoms with Gasteiger partial charge in [0.25, 0.3) is 0 Å². The summed E-state index contributed by atoms with van der Waals surface area (Å²) in [6, 6.07) is 19.4. The van der Waals surface area contributed by atoms with Crippen molar-refractivity contribution < 1.29 is 65.9 Å². The Morgan fingerprint density at radius 2 is 0.587 bits per heavy atom. The lowest BCUT2D eigenvalue weighted by molar-refractivity contribution is -0.172. The zero-order valence-electron chi connectivity index (χ0n) is 22.2. The lowest BCUT2D eigenvalue weighted by Gasteiger charge is -2.15. The molecular weight excluding hydrogens is 657 g/mol. The molecule has 0 atom stereocenters. The highest BCUT2D eigenvalue weighted by Crippen LogP contribution is 2.56. The topological polar surface area (TPSA) is 0 Å². The number of rotatable bonds is 0. The number of fused-ring (bicyclic) bond motifs is 1. The van der Waals surface area contributed by atoms with E-state index < -0.39 is 88.0 Å². The highest BCUT2D eigenvalue weighted by atomic mass is 19.4. The minimum Gasteiger partial charge on any atom is -0.166 e. The van der Waals surface area contributed by atoms with Crippen molar-refractivity contribution in [3.05, 3.63) is 107 Å². The van der Waals surface area contributed by atoms with E-state index in [0.717, 1.165) is 0 Å². The standard InChI is InChI=1S/C16H10.C15H3F15/c1-3-11-7-9-13-5-2-6-14-10-8-12(4-1)15(11)16(13)14;16-11(17,18)4-1-5(12(19,20)21)3-7-6(2-4)8(13(22,23)24)10(15(28,29)30)9(7)14(25,26)27/h1-10H;1-3H. The molecule has 0 heterocycles. The monoisotopic (exact) mass is 670 g/mol. The molecule has 0 aliphatic heterocycles. The lowest BCUT2D eigenvalue weighted by atomic mass is 9.95. The quantitative estimate of drug-likeness (QED) is 0.111. The number of hydrogen-bond donors (Lipinski definition) is 0. The molecule has 2 aliphatic carbocycles. The molecule has 0 nitrogen and oxygen atoms in total. The first-order valence-electron chi connectivity index (χ1n) is 12.6. The minimum atomic E-state index is -6.41. The van der Waals surface area contributed by atoms with Crippen LogP contribution in [0.5, 0.6) is 0 Å². The van der Waals surface area contributed by atoms with Crippen molar-refractivity contribution in [2.75, 3.05) is 0 Å². The Bertz CT molecular complexity index is 1820. The minimum absolute atomic E-state index is 0.798. The summed E-state index contributed by atoms with van der Waals surface area (Å²) in [7, 11) is 0. The Hall–Kier alpha value is -4.43. The Morgan fingerprint density at radius 1 is 0.304 bits per heavy atom. The summed E-state index contributed by atoms with van der Waals surface area (Å²) in [6.07, 6.45) is -30.7. The summed E-state index contributed by atoms with van der Waals surface area (Å²) >= 11 is 0. The van der Waals surface area contributed by atoms with E-state index in [2.05, 4.69) is 60.7 Å². The van der Waals surface area contributed by atoms with Gasteiger partial charge in [-0.15, -0.1) is 0 Å². The fourth-order valence-corrected chi connectivity index (χ4v) is 5.39. The van der Waals surface area contributed by atoms with Crippen LogP contribution in [0.3, 0.4) is 0 Å². The van der Waals surface area contributed by atoms with Crippen LogP contribution < -0.4 is 0 Å². The van der Waals surface area contributed by atoms with Gasteiger partial charge in [-0.05, 0) is 61.6 Å². The Morgan fingerprint density at radius 3 is 0.826 bits per heavy atom. The predicted molar refractivity (Wildman–Crippen MR) is 138 cm³/mol. The molecule has 0 saturated heterocycles. The van der Waals surface area contributed by atoms with E-state index in [4.69, 9.17) is 0 Å². The van der Waals surface area contributed by atoms with E-state index in [0.29, 0.717) is 0 Å². The first-order chi connectivity index (χ1) is 21.0. The molecule has 6 rings (SSSR count). The van der Waals surface area contributed by atoms with E-state index in [1.807, 2.05) is 0 Å². The van der Waals surface area contributed by atoms with Gasteiger partial charge in [0.1, 0.15) is 0 Å². The highest BCUT2D eigenvalue weighted by molar-refractivity contribution is 6.22. The van der Waals surface area contributed by atoms with E-state index in [-0.39, 0.29) is 0 Å². The molecule has 0 saturated carbocycles. The van der Waals surface area contributed by atoms with Crippen LogP contribution in [0.25, 0.3) is 43.4 Å². The third-order valence-electron chi connectivity index (χ3n) is 7.14. The van der Waals surface area contributed by atoms with Crippen molar-refractivity contribution in [1.82, 2.24) is 0 Å². The second-order valence-electron chi connectivity index (χ2n) is 10.1. The normalized spacial score (nSPS) is 13.5. The fourth-order valence-electron chi connectivity index (χ4n) is 5.39. The van der Waals surface area contributed by atoms with E-state index in [1.54, 1.807) is 0 Å². The average Bonchev–Trinajstić information content (AvgIpc) is 3.13. The van der Waals surface area contributed by atoms with Crippen LogP contribution in [0.15, 0.2) is 78.9 Å². The fraction of sp³-hybridized carbons (Fsp3) is 0.161. The van der Waals surface area contributed by atoms with Gasteiger partial charge >= 0.3 is 30.9 Å². The number of halogens is 15. The Labute approximate surface area is 247 Å². The van der Waals surface area contributed by atoms with Gasteiger partial charge in [-0.1, -0.05) is 60.7 Å². The van der Waals surface area contributed by atoms with Crippen molar-refractivity contribution in [3.8, 4) is 11.1 Å². The highest BCUT2D eigenvalue weighted by Gasteiger charge is 2.55. The van der Waals surface area contributed by atoms with Crippen molar-refractivity contribution >= 4 is 32.3 Å². The Balaban J connectivity index is 0.000000214. The maximum absolute atomic E-state index is 13.2. The molecular formula is C31H13F15. The van der Waals surface area contributed by atoms with Gasteiger partial charge in [0.15, 0.2) is 0 Å². The summed E-state index contributed by atoms with van der Waals surface area (Å²) in [5.74, 6) is 0. The van der Waals surface area contributed by atoms with E-state index >= 15 is 0 Å². The SMILES string of the molecule is FC(F)(F)c1cc(C(F)(F)F)cc2c(C(F)(F)F)c(C(F)(F)F)c(C(F)(F)F)c-2c1.c1cc2ccc3cccc4ccc(c1)c2c34. The largest absolute Gasteiger partial charge is 0.417 e. The lowest BCUT2D eigenvalue weighted by Crippen LogP contribution is -2.19. The smallest absolute Gasteiger partial charge is 0.166 e. The molecule has 2 aliphatic rings. The molecule has 15 heteroatoms. The van der Waals surface area contributed by atoms with Gasteiger partial charge in [-0.2, -0.15) is 65.9 Å². The zero-order chi connectivity index (χ0) is 34.2. The number of alkyl halides is 15. The number of benzene rings is 4. The second kappa shape index (κ2) is 10.6. The summed E-state index contributed by atoms with van der Waals surface area (Å²) in [6.45, 7) is 0. The zero-order valence-corrected chi connectivity index (χ0v) is 22.2. The van der Waals surface area contributed by atoms with Crippen molar-refractivity contribution in [3.63, 3.8) is 0 Å². The third-order valence-corrected chi connectivity index (χ3v) is 7.14. The van der Waals surface area contributed by atoms with Crippen LogP contribution in [-0.4, -0.2) is 0 Å². The molecule has 4 aromatic carbocycles. The molecule has 0 aromatic heterocycles. The van der Waals surface area contributed by atoms with Crippen LogP contribution >= 0.6 is 0 Å². The average molecular weight is 670 g/mol. The molecule has 0 amide bonds. The molecule has 4 aromatic rings. The first kappa shape index (κ1) is 32.9. The summed E-state index contributed by atoms with van der Waals surface area (Å²) in [5, 5.41) is 8.14. The Kier molecular flexibility index (Phi) is 7.56.